The minimum Gasteiger partial charge on any atom is -0.507 e. The number of thioether (sulfide) groups is 1. The molecule has 3 rings (SSSR count). The summed E-state index contributed by atoms with van der Waals surface area (Å²) < 4.78 is 5.09. The van der Waals surface area contributed by atoms with Crippen LogP contribution in [0.25, 0.3) is 6.08 Å². The topological polar surface area (TPSA) is 70.1 Å². The smallest absolute Gasteiger partial charge is 0.326 e. The van der Waals surface area contributed by atoms with Crippen molar-refractivity contribution in [3.05, 3.63) is 58.0 Å². The maximum atomic E-state index is 13.4. The fraction of sp³-hybridized carbons (Fsp3) is 0.385. The van der Waals surface area contributed by atoms with E-state index in [-0.39, 0.29) is 30.2 Å². The SMILES string of the molecule is CCOC(=O)CN1C(=O)C(=Cc2cc(CN(C)C)c(O)c(C(C)(C)C)c2)Sc2ccccc21. The summed E-state index contributed by atoms with van der Waals surface area (Å²) in [5, 5.41) is 10.9. The molecule has 7 heteroatoms. The van der Waals surface area contributed by atoms with Crippen LogP contribution in [0.3, 0.4) is 0 Å². The van der Waals surface area contributed by atoms with E-state index >= 15 is 0 Å². The summed E-state index contributed by atoms with van der Waals surface area (Å²) >= 11 is 1.39. The van der Waals surface area contributed by atoms with Gasteiger partial charge in [-0.3, -0.25) is 14.5 Å². The molecule has 0 aliphatic carbocycles. The van der Waals surface area contributed by atoms with Crippen LogP contribution in [0.2, 0.25) is 0 Å². The van der Waals surface area contributed by atoms with Gasteiger partial charge in [-0.1, -0.05) is 44.7 Å². The summed E-state index contributed by atoms with van der Waals surface area (Å²) in [7, 11) is 3.90. The number of amides is 1. The first-order valence-electron chi connectivity index (χ1n) is 11.0. The Kier molecular flexibility index (Phi) is 7.55. The summed E-state index contributed by atoms with van der Waals surface area (Å²) in [6, 6.07) is 11.4. The second-order valence-corrected chi connectivity index (χ2v) is 10.4. The maximum absolute atomic E-state index is 13.4. The molecule has 0 atom stereocenters. The minimum absolute atomic E-state index is 0.143. The number of aromatic hydroxyl groups is 1. The van der Waals surface area contributed by atoms with E-state index in [4.69, 9.17) is 4.74 Å². The van der Waals surface area contributed by atoms with Crippen molar-refractivity contribution in [1.82, 2.24) is 4.90 Å². The van der Waals surface area contributed by atoms with Crippen molar-refractivity contribution in [2.45, 2.75) is 44.6 Å². The molecule has 6 nitrogen and oxygen atoms in total. The van der Waals surface area contributed by atoms with Crippen LogP contribution in [0.5, 0.6) is 5.75 Å². The molecule has 1 heterocycles. The lowest BCUT2D eigenvalue weighted by Crippen LogP contribution is -2.39. The van der Waals surface area contributed by atoms with E-state index < -0.39 is 5.97 Å². The van der Waals surface area contributed by atoms with E-state index in [9.17, 15) is 14.7 Å². The first-order chi connectivity index (χ1) is 15.5. The normalized spacial score (nSPS) is 15.2. The average Bonchev–Trinajstić information content (AvgIpc) is 2.72. The number of para-hydroxylation sites is 1. The van der Waals surface area contributed by atoms with Crippen LogP contribution in [0.15, 0.2) is 46.2 Å². The lowest BCUT2D eigenvalue weighted by molar-refractivity contribution is -0.142. The molecule has 0 fully saturated rings. The quantitative estimate of drug-likeness (QED) is 0.485. The molecule has 1 aliphatic heterocycles. The highest BCUT2D eigenvalue weighted by atomic mass is 32.2. The van der Waals surface area contributed by atoms with Crippen LogP contribution in [0.4, 0.5) is 5.69 Å². The summed E-state index contributed by atoms with van der Waals surface area (Å²) in [4.78, 5) is 30.5. The van der Waals surface area contributed by atoms with Gasteiger partial charge in [-0.2, -0.15) is 0 Å². The monoisotopic (exact) mass is 468 g/mol. The number of hydrogen-bond acceptors (Lipinski definition) is 6. The number of phenolic OH excluding ortho intramolecular Hbond substituents is 1. The molecule has 33 heavy (non-hydrogen) atoms. The fourth-order valence-electron chi connectivity index (χ4n) is 3.74. The summed E-state index contributed by atoms with van der Waals surface area (Å²) in [6.07, 6.45) is 1.84. The van der Waals surface area contributed by atoms with Crippen LogP contribution in [-0.2, 0) is 26.3 Å². The Balaban J connectivity index is 2.08. The molecule has 0 aromatic heterocycles. The van der Waals surface area contributed by atoms with Gasteiger partial charge >= 0.3 is 5.97 Å². The number of anilines is 1. The minimum atomic E-state index is -0.445. The molecular formula is C26H32N2O4S. The molecule has 0 saturated heterocycles. The Morgan fingerprint density at radius 3 is 2.55 bits per heavy atom. The van der Waals surface area contributed by atoms with Crippen LogP contribution >= 0.6 is 11.8 Å². The number of carbonyl (C=O) groups is 2. The van der Waals surface area contributed by atoms with Crippen molar-refractivity contribution < 1.29 is 19.4 Å². The Bertz CT molecular complexity index is 1090. The zero-order chi connectivity index (χ0) is 24.3. The van der Waals surface area contributed by atoms with Crippen molar-refractivity contribution >= 4 is 35.4 Å². The van der Waals surface area contributed by atoms with Crippen LogP contribution < -0.4 is 4.90 Å². The Labute approximate surface area is 200 Å². The van der Waals surface area contributed by atoms with Gasteiger partial charge in [0.15, 0.2) is 0 Å². The van der Waals surface area contributed by atoms with Gasteiger partial charge in [0.1, 0.15) is 12.3 Å². The molecule has 1 aliphatic rings. The van der Waals surface area contributed by atoms with E-state index in [1.807, 2.05) is 61.5 Å². The largest absolute Gasteiger partial charge is 0.507 e. The predicted octanol–water partition coefficient (Wildman–Crippen LogP) is 4.79. The first-order valence-corrected chi connectivity index (χ1v) is 11.8. The molecule has 1 amide bonds. The molecule has 0 spiro atoms. The van der Waals surface area contributed by atoms with Gasteiger partial charge in [-0.05, 0) is 62.3 Å². The van der Waals surface area contributed by atoms with Crippen LogP contribution in [0, 0.1) is 0 Å². The zero-order valence-electron chi connectivity index (χ0n) is 20.1. The van der Waals surface area contributed by atoms with Gasteiger partial charge in [0.2, 0.25) is 0 Å². The number of carbonyl (C=O) groups excluding carboxylic acids is 2. The Hall–Kier alpha value is -2.77. The van der Waals surface area contributed by atoms with E-state index in [0.29, 0.717) is 17.1 Å². The average molecular weight is 469 g/mol. The standard InChI is InChI=1S/C26H32N2O4S/c1-7-32-23(29)16-28-20-10-8-9-11-21(20)33-22(25(28)31)14-17-12-18(15-27(5)6)24(30)19(13-17)26(2,3)4/h8-14,30H,7,15-16H2,1-6H3. The van der Waals surface area contributed by atoms with Gasteiger partial charge in [0.05, 0.1) is 17.2 Å². The van der Waals surface area contributed by atoms with Crippen molar-refractivity contribution in [1.29, 1.82) is 0 Å². The number of esters is 1. The summed E-state index contributed by atoms with van der Waals surface area (Å²) in [5.41, 5.74) is 2.89. The third-order valence-electron chi connectivity index (χ3n) is 5.23. The van der Waals surface area contributed by atoms with E-state index in [2.05, 4.69) is 20.8 Å². The molecule has 0 saturated carbocycles. The van der Waals surface area contributed by atoms with Gasteiger partial charge in [-0.15, -0.1) is 0 Å². The second-order valence-electron chi connectivity index (χ2n) is 9.34. The van der Waals surface area contributed by atoms with Crippen LogP contribution in [0.1, 0.15) is 44.4 Å². The van der Waals surface area contributed by atoms with Gasteiger partial charge in [0.25, 0.3) is 5.91 Å². The Morgan fingerprint density at radius 1 is 1.21 bits per heavy atom. The third kappa shape index (κ3) is 5.78. The second kappa shape index (κ2) is 10.0. The number of fused-ring (bicyclic) bond motifs is 1. The number of nitrogens with zero attached hydrogens (tertiary/aromatic N) is 2. The Morgan fingerprint density at radius 2 is 1.91 bits per heavy atom. The summed E-state index contributed by atoms with van der Waals surface area (Å²) in [5.74, 6) is -0.402. The molecule has 0 unspecified atom stereocenters. The van der Waals surface area contributed by atoms with E-state index in [1.54, 1.807) is 6.92 Å². The number of ether oxygens (including phenoxy) is 1. The lowest BCUT2D eigenvalue weighted by Gasteiger charge is -2.29. The highest BCUT2D eigenvalue weighted by molar-refractivity contribution is 8.04. The predicted molar refractivity (Wildman–Crippen MR) is 133 cm³/mol. The van der Waals surface area contributed by atoms with Crippen molar-refractivity contribution in [3.63, 3.8) is 0 Å². The lowest BCUT2D eigenvalue weighted by atomic mass is 9.84. The first kappa shape index (κ1) is 24.9. The molecule has 0 radical (unpaired) electrons. The maximum Gasteiger partial charge on any atom is 0.326 e. The van der Waals surface area contributed by atoms with Gasteiger partial charge in [0, 0.05) is 22.6 Å². The van der Waals surface area contributed by atoms with Crippen LogP contribution in [-0.4, -0.2) is 49.1 Å². The molecule has 1 N–H and O–H groups in total. The summed E-state index contributed by atoms with van der Waals surface area (Å²) in [6.45, 7) is 8.59. The molecule has 2 aromatic carbocycles. The highest BCUT2D eigenvalue weighted by Crippen LogP contribution is 2.43. The number of phenols is 1. The molecular weight excluding hydrogens is 436 g/mol. The molecule has 176 valence electrons. The molecule has 0 bridgehead atoms. The van der Waals surface area contributed by atoms with Gasteiger partial charge < -0.3 is 14.7 Å². The number of benzene rings is 2. The van der Waals surface area contributed by atoms with Crippen molar-refractivity contribution in [2.75, 3.05) is 32.1 Å². The molecule has 2 aromatic rings. The van der Waals surface area contributed by atoms with Gasteiger partial charge in [-0.25, -0.2) is 0 Å². The van der Waals surface area contributed by atoms with E-state index in [1.165, 1.54) is 16.7 Å². The number of rotatable bonds is 6. The highest BCUT2D eigenvalue weighted by Gasteiger charge is 2.31. The van der Waals surface area contributed by atoms with E-state index in [0.717, 1.165) is 21.6 Å². The zero-order valence-corrected chi connectivity index (χ0v) is 21.0. The van der Waals surface area contributed by atoms with Crippen molar-refractivity contribution in [2.24, 2.45) is 0 Å². The number of hydrogen-bond donors (Lipinski definition) is 1. The van der Waals surface area contributed by atoms with Crippen molar-refractivity contribution in [3.8, 4) is 5.75 Å². The fourth-order valence-corrected chi connectivity index (χ4v) is 4.80. The third-order valence-corrected chi connectivity index (χ3v) is 6.31.